The van der Waals surface area contributed by atoms with Gasteiger partial charge >= 0.3 is 5.97 Å². The second-order valence-electron chi connectivity index (χ2n) is 8.41. The lowest BCUT2D eigenvalue weighted by molar-refractivity contribution is -0.143. The molecular formula is C28H28N2O7S. The molecule has 0 atom stereocenters. The number of benzene rings is 3. The van der Waals surface area contributed by atoms with E-state index in [0.717, 1.165) is 17.2 Å². The average molecular weight is 537 g/mol. The Morgan fingerprint density at radius 2 is 1.74 bits per heavy atom. The van der Waals surface area contributed by atoms with Crippen LogP contribution >= 0.6 is 0 Å². The van der Waals surface area contributed by atoms with Crippen molar-refractivity contribution < 1.29 is 32.2 Å². The third-order valence-electron chi connectivity index (χ3n) is 5.97. The van der Waals surface area contributed by atoms with Crippen LogP contribution < -0.4 is 19.1 Å². The van der Waals surface area contributed by atoms with Crippen molar-refractivity contribution in [3.8, 4) is 11.5 Å². The lowest BCUT2D eigenvalue weighted by atomic mass is 10.2. The first-order valence-corrected chi connectivity index (χ1v) is 13.3. The van der Waals surface area contributed by atoms with Crippen LogP contribution in [0.15, 0.2) is 77.7 Å². The normalized spacial score (nSPS) is 12.7. The molecule has 0 unspecified atom stereocenters. The van der Waals surface area contributed by atoms with Crippen molar-refractivity contribution in [1.82, 2.24) is 5.32 Å². The summed E-state index contributed by atoms with van der Waals surface area (Å²) >= 11 is 0. The van der Waals surface area contributed by atoms with Gasteiger partial charge in [-0.15, -0.1) is 0 Å². The highest BCUT2D eigenvalue weighted by Crippen LogP contribution is 2.40. The fourth-order valence-corrected chi connectivity index (χ4v) is 5.82. The summed E-state index contributed by atoms with van der Waals surface area (Å²) in [6, 6.07) is 19.6. The minimum atomic E-state index is -4.01. The molecule has 0 bridgehead atoms. The number of nitrogens with zero attached hydrogens (tertiary/aromatic N) is 1. The molecule has 38 heavy (non-hydrogen) atoms. The van der Waals surface area contributed by atoms with Crippen molar-refractivity contribution in [2.24, 2.45) is 0 Å². The highest BCUT2D eigenvalue weighted by Gasteiger charge is 2.34. The largest absolute Gasteiger partial charge is 0.493 e. The fraction of sp³-hybridized carbons (Fsp3) is 0.214. The van der Waals surface area contributed by atoms with E-state index in [-0.39, 0.29) is 16.4 Å². The van der Waals surface area contributed by atoms with Gasteiger partial charge in [0.05, 0.1) is 19.9 Å². The standard InChI is InChI=1S/C28H28N2O7S/c1-35-24-16-21(12-13-27(32)37-19-26(31)29-18-20-8-4-3-5-9-20)17-25(28(24)36-2)38(33,34)30-15-14-22-10-6-7-11-23(22)30/h3-13,16-17H,14-15,18-19H2,1-2H3,(H,29,31). The van der Waals surface area contributed by atoms with Crippen LogP contribution in [-0.4, -0.2) is 47.7 Å². The molecule has 3 aromatic carbocycles. The number of amides is 1. The number of ether oxygens (including phenoxy) is 3. The van der Waals surface area contributed by atoms with Crippen LogP contribution in [-0.2, 0) is 37.3 Å². The molecule has 1 N–H and O–H groups in total. The molecule has 198 valence electrons. The lowest BCUT2D eigenvalue weighted by Gasteiger charge is -2.22. The Balaban J connectivity index is 1.49. The van der Waals surface area contributed by atoms with Crippen molar-refractivity contribution in [1.29, 1.82) is 0 Å². The maximum atomic E-state index is 13.7. The van der Waals surface area contributed by atoms with E-state index in [4.69, 9.17) is 14.2 Å². The van der Waals surface area contributed by atoms with Crippen LogP contribution in [0, 0.1) is 0 Å². The third kappa shape index (κ3) is 5.97. The molecule has 9 nitrogen and oxygen atoms in total. The number of hydrogen-bond donors (Lipinski definition) is 1. The van der Waals surface area contributed by atoms with Gasteiger partial charge in [-0.3, -0.25) is 9.10 Å². The van der Waals surface area contributed by atoms with Crippen LogP contribution in [0.1, 0.15) is 16.7 Å². The molecule has 0 aliphatic carbocycles. The van der Waals surface area contributed by atoms with Gasteiger partial charge in [0.2, 0.25) is 0 Å². The van der Waals surface area contributed by atoms with Gasteiger partial charge in [0.25, 0.3) is 15.9 Å². The molecular weight excluding hydrogens is 508 g/mol. The number of fused-ring (bicyclic) bond motifs is 1. The maximum absolute atomic E-state index is 13.7. The summed E-state index contributed by atoms with van der Waals surface area (Å²) in [4.78, 5) is 24.1. The number of carbonyl (C=O) groups is 2. The number of anilines is 1. The summed E-state index contributed by atoms with van der Waals surface area (Å²) in [5, 5.41) is 2.67. The molecule has 1 amide bonds. The number of hydrogen-bond acceptors (Lipinski definition) is 7. The Bertz CT molecular complexity index is 1450. The van der Waals surface area contributed by atoms with Crippen molar-refractivity contribution in [2.45, 2.75) is 17.9 Å². The van der Waals surface area contributed by atoms with Gasteiger partial charge in [0, 0.05) is 19.2 Å². The topological polar surface area (TPSA) is 111 Å². The predicted octanol–water partition coefficient (Wildman–Crippen LogP) is 3.33. The van der Waals surface area contributed by atoms with Gasteiger partial charge in [0.1, 0.15) is 4.90 Å². The summed E-state index contributed by atoms with van der Waals surface area (Å²) < 4.78 is 44.6. The Morgan fingerprint density at radius 1 is 1.00 bits per heavy atom. The van der Waals surface area contributed by atoms with E-state index in [1.54, 1.807) is 18.2 Å². The number of sulfonamides is 1. The summed E-state index contributed by atoms with van der Waals surface area (Å²) in [6.45, 7) is 0.166. The van der Waals surface area contributed by atoms with Gasteiger partial charge in [-0.05, 0) is 47.4 Å². The van der Waals surface area contributed by atoms with Gasteiger partial charge in [-0.25, -0.2) is 13.2 Å². The van der Waals surface area contributed by atoms with Crippen molar-refractivity contribution in [2.75, 3.05) is 31.7 Å². The highest BCUT2D eigenvalue weighted by molar-refractivity contribution is 7.93. The molecule has 0 saturated heterocycles. The molecule has 4 rings (SSSR count). The molecule has 3 aromatic rings. The second-order valence-corrected chi connectivity index (χ2v) is 10.2. The Morgan fingerprint density at radius 3 is 2.47 bits per heavy atom. The Hall–Kier alpha value is -4.31. The van der Waals surface area contributed by atoms with Gasteiger partial charge < -0.3 is 19.5 Å². The maximum Gasteiger partial charge on any atom is 0.331 e. The summed E-state index contributed by atoms with van der Waals surface area (Å²) in [5.74, 6) is -0.949. The van der Waals surface area contributed by atoms with E-state index >= 15 is 0 Å². The first kappa shape index (κ1) is 26.7. The highest BCUT2D eigenvalue weighted by atomic mass is 32.2. The van der Waals surface area contributed by atoms with E-state index < -0.39 is 28.5 Å². The minimum absolute atomic E-state index is 0.0618. The fourth-order valence-electron chi connectivity index (χ4n) is 4.11. The number of esters is 1. The van der Waals surface area contributed by atoms with Gasteiger partial charge in [0.15, 0.2) is 18.1 Å². The number of methoxy groups -OCH3 is 2. The monoisotopic (exact) mass is 536 g/mol. The van der Waals surface area contributed by atoms with E-state index in [9.17, 15) is 18.0 Å². The molecule has 0 radical (unpaired) electrons. The average Bonchev–Trinajstić information content (AvgIpc) is 3.39. The number of para-hydroxylation sites is 1. The van der Waals surface area contributed by atoms with Gasteiger partial charge in [-0.1, -0.05) is 48.5 Å². The zero-order valence-electron chi connectivity index (χ0n) is 21.0. The van der Waals surface area contributed by atoms with E-state index in [1.165, 1.54) is 30.7 Å². The lowest BCUT2D eigenvalue weighted by Crippen LogP contribution is -2.29. The van der Waals surface area contributed by atoms with Crippen molar-refractivity contribution in [3.63, 3.8) is 0 Å². The Labute approximate surface area is 221 Å². The molecule has 1 aliphatic rings. The van der Waals surface area contributed by atoms with E-state index in [1.807, 2.05) is 42.5 Å². The smallest absolute Gasteiger partial charge is 0.331 e. The first-order valence-electron chi connectivity index (χ1n) is 11.9. The van der Waals surface area contributed by atoms with Crippen LogP contribution in [0.2, 0.25) is 0 Å². The van der Waals surface area contributed by atoms with Crippen molar-refractivity contribution >= 4 is 33.7 Å². The predicted molar refractivity (Wildman–Crippen MR) is 143 cm³/mol. The molecule has 10 heteroatoms. The second kappa shape index (κ2) is 11.8. The number of carbonyl (C=O) groups excluding carboxylic acids is 2. The zero-order valence-corrected chi connectivity index (χ0v) is 21.9. The molecule has 0 saturated carbocycles. The van der Waals surface area contributed by atoms with Crippen molar-refractivity contribution in [3.05, 3.63) is 89.5 Å². The van der Waals surface area contributed by atoms with Crippen LogP contribution in [0.5, 0.6) is 11.5 Å². The zero-order chi connectivity index (χ0) is 27.1. The SMILES string of the molecule is COc1cc(C=CC(=O)OCC(=O)NCc2ccccc2)cc(S(=O)(=O)N2CCc3ccccc32)c1OC. The molecule has 0 spiro atoms. The van der Waals surface area contributed by atoms with Crippen LogP contribution in [0.4, 0.5) is 5.69 Å². The molecule has 0 aromatic heterocycles. The summed E-state index contributed by atoms with van der Waals surface area (Å²) in [7, 11) is -1.25. The summed E-state index contributed by atoms with van der Waals surface area (Å²) in [6.07, 6.45) is 3.11. The minimum Gasteiger partial charge on any atom is -0.493 e. The van der Waals surface area contributed by atoms with Crippen LogP contribution in [0.3, 0.4) is 0 Å². The Kier molecular flexibility index (Phi) is 8.32. The molecule has 1 heterocycles. The number of nitrogens with one attached hydrogen (secondary N) is 1. The quantitative estimate of drug-likeness (QED) is 0.313. The van der Waals surface area contributed by atoms with Gasteiger partial charge in [-0.2, -0.15) is 0 Å². The summed E-state index contributed by atoms with van der Waals surface area (Å²) in [5.41, 5.74) is 2.85. The van der Waals surface area contributed by atoms with E-state index in [2.05, 4.69) is 5.32 Å². The molecule has 1 aliphatic heterocycles. The van der Waals surface area contributed by atoms with Crippen LogP contribution in [0.25, 0.3) is 6.08 Å². The third-order valence-corrected chi connectivity index (χ3v) is 7.79. The van der Waals surface area contributed by atoms with E-state index in [0.29, 0.717) is 30.8 Å². The molecule has 0 fully saturated rings. The first-order chi connectivity index (χ1) is 18.3. The number of rotatable bonds is 10.